The molecule has 4 heteroatoms. The van der Waals surface area contributed by atoms with Gasteiger partial charge in [0.15, 0.2) is 0 Å². The van der Waals surface area contributed by atoms with Crippen molar-refractivity contribution in [2.75, 3.05) is 0 Å². The first-order chi connectivity index (χ1) is 7.72. The zero-order valence-corrected chi connectivity index (χ0v) is 9.59. The van der Waals surface area contributed by atoms with Gasteiger partial charge in [-0.05, 0) is 25.5 Å². The minimum Gasteiger partial charge on any atom is -0.323 e. The van der Waals surface area contributed by atoms with Gasteiger partial charge in [0.25, 0.3) is 0 Å². The molecule has 0 bridgehead atoms. The molecule has 4 nitrogen and oxygen atoms in total. The summed E-state index contributed by atoms with van der Waals surface area (Å²) in [6.45, 7) is 4.03. The number of imidazole rings is 1. The van der Waals surface area contributed by atoms with Crippen LogP contribution in [0.25, 0.3) is 5.69 Å². The molecule has 0 fully saturated rings. The molecule has 0 aliphatic rings. The molecule has 0 aliphatic heterocycles. The van der Waals surface area contributed by atoms with Crippen LogP contribution in [0.15, 0.2) is 30.9 Å². The highest BCUT2D eigenvalue weighted by Crippen LogP contribution is 2.17. The molecule has 0 spiro atoms. The molecule has 0 amide bonds. The van der Waals surface area contributed by atoms with Crippen LogP contribution in [0.3, 0.4) is 0 Å². The van der Waals surface area contributed by atoms with Crippen molar-refractivity contribution in [3.63, 3.8) is 0 Å². The summed E-state index contributed by atoms with van der Waals surface area (Å²) < 4.78 is 1.99. The fraction of sp³-hybridized carbons (Fsp3) is 0.333. The highest BCUT2D eigenvalue weighted by molar-refractivity contribution is 5.32. The first-order valence-corrected chi connectivity index (χ1v) is 5.43. The lowest BCUT2D eigenvalue weighted by molar-refractivity contribution is 0.659. The van der Waals surface area contributed by atoms with Crippen LogP contribution in [0.5, 0.6) is 0 Å². The van der Waals surface area contributed by atoms with Crippen molar-refractivity contribution in [3.8, 4) is 5.69 Å². The van der Waals surface area contributed by atoms with Crippen molar-refractivity contribution in [2.45, 2.75) is 26.3 Å². The summed E-state index contributed by atoms with van der Waals surface area (Å²) in [5.41, 5.74) is 9.05. The molecule has 16 heavy (non-hydrogen) atoms. The Hall–Kier alpha value is -1.68. The standard InChI is InChI=1S/C12H16N4/c1-3-11(13)12-7-14-8-16(12)10-5-4-9(2)15-6-10/h4-8,11H,3,13H2,1-2H3/t11-/m1/s1. The van der Waals surface area contributed by atoms with Gasteiger partial charge in [-0.3, -0.25) is 4.98 Å². The van der Waals surface area contributed by atoms with Crippen molar-refractivity contribution in [1.82, 2.24) is 14.5 Å². The quantitative estimate of drug-likeness (QED) is 0.853. The lowest BCUT2D eigenvalue weighted by Gasteiger charge is -2.12. The van der Waals surface area contributed by atoms with Crippen molar-refractivity contribution in [1.29, 1.82) is 0 Å². The van der Waals surface area contributed by atoms with Gasteiger partial charge in [0.2, 0.25) is 0 Å². The Balaban J connectivity index is 2.40. The third-order valence-corrected chi connectivity index (χ3v) is 2.66. The van der Waals surface area contributed by atoms with Crippen LogP contribution in [0.1, 0.15) is 30.8 Å². The molecule has 2 heterocycles. The summed E-state index contributed by atoms with van der Waals surface area (Å²) in [5, 5.41) is 0. The average molecular weight is 216 g/mol. The van der Waals surface area contributed by atoms with E-state index < -0.39 is 0 Å². The second-order valence-electron chi connectivity index (χ2n) is 3.86. The molecule has 1 atom stereocenters. The van der Waals surface area contributed by atoms with E-state index in [9.17, 15) is 0 Å². The maximum atomic E-state index is 6.03. The highest BCUT2D eigenvalue weighted by Gasteiger charge is 2.10. The Kier molecular flexibility index (Phi) is 3.01. The maximum Gasteiger partial charge on any atom is 0.0995 e. The van der Waals surface area contributed by atoms with Crippen molar-refractivity contribution in [3.05, 3.63) is 42.2 Å². The zero-order valence-electron chi connectivity index (χ0n) is 9.59. The van der Waals surface area contributed by atoms with Crippen molar-refractivity contribution in [2.24, 2.45) is 5.73 Å². The van der Waals surface area contributed by atoms with Crippen molar-refractivity contribution >= 4 is 0 Å². The Morgan fingerprint density at radius 1 is 1.38 bits per heavy atom. The molecule has 84 valence electrons. The second kappa shape index (κ2) is 4.45. The molecule has 0 saturated carbocycles. The van der Waals surface area contributed by atoms with Gasteiger partial charge in [-0.2, -0.15) is 0 Å². The minimum absolute atomic E-state index is 0.0174. The van der Waals surface area contributed by atoms with Crippen LogP contribution in [0.4, 0.5) is 0 Å². The first-order valence-electron chi connectivity index (χ1n) is 5.43. The number of hydrogen-bond acceptors (Lipinski definition) is 3. The van der Waals surface area contributed by atoms with Gasteiger partial charge in [-0.1, -0.05) is 6.92 Å². The van der Waals surface area contributed by atoms with Gasteiger partial charge in [-0.25, -0.2) is 4.98 Å². The van der Waals surface area contributed by atoms with E-state index in [1.54, 1.807) is 6.33 Å². The Bertz CT molecular complexity index is 458. The highest BCUT2D eigenvalue weighted by atomic mass is 15.1. The van der Waals surface area contributed by atoms with E-state index in [0.717, 1.165) is 23.5 Å². The monoisotopic (exact) mass is 216 g/mol. The average Bonchev–Trinajstić information content (AvgIpc) is 2.78. The number of nitrogens with two attached hydrogens (primary N) is 1. The lowest BCUT2D eigenvalue weighted by atomic mass is 10.2. The molecule has 2 N–H and O–H groups in total. The summed E-state index contributed by atoms with van der Waals surface area (Å²) in [7, 11) is 0. The molecule has 2 aromatic rings. The maximum absolute atomic E-state index is 6.03. The Labute approximate surface area is 95.1 Å². The molecule has 0 aliphatic carbocycles. The third-order valence-electron chi connectivity index (χ3n) is 2.66. The number of rotatable bonds is 3. The van der Waals surface area contributed by atoms with E-state index in [4.69, 9.17) is 5.73 Å². The fourth-order valence-electron chi connectivity index (χ4n) is 1.61. The summed E-state index contributed by atoms with van der Waals surface area (Å²) in [6, 6.07) is 4.02. The number of aryl methyl sites for hydroxylation is 1. The molecule has 0 unspecified atom stereocenters. The summed E-state index contributed by atoms with van der Waals surface area (Å²) in [5.74, 6) is 0. The number of hydrogen-bond donors (Lipinski definition) is 1. The number of aromatic nitrogens is 3. The van der Waals surface area contributed by atoms with Gasteiger partial charge in [0, 0.05) is 11.7 Å². The van der Waals surface area contributed by atoms with Gasteiger partial charge in [-0.15, -0.1) is 0 Å². The van der Waals surface area contributed by atoms with Crippen LogP contribution in [-0.2, 0) is 0 Å². The van der Waals surface area contributed by atoms with Gasteiger partial charge in [0.05, 0.1) is 30.1 Å². The molecule has 0 aromatic carbocycles. The van der Waals surface area contributed by atoms with E-state index in [0.29, 0.717) is 0 Å². The Morgan fingerprint density at radius 2 is 2.19 bits per heavy atom. The fourth-order valence-corrected chi connectivity index (χ4v) is 1.61. The molecule has 0 saturated heterocycles. The largest absolute Gasteiger partial charge is 0.323 e. The SMILES string of the molecule is CC[C@@H](N)c1cncn1-c1ccc(C)nc1. The lowest BCUT2D eigenvalue weighted by Crippen LogP contribution is -2.13. The second-order valence-corrected chi connectivity index (χ2v) is 3.86. The third kappa shape index (κ3) is 1.97. The summed E-state index contributed by atoms with van der Waals surface area (Å²) >= 11 is 0. The van der Waals surface area contributed by atoms with Crippen LogP contribution < -0.4 is 5.73 Å². The predicted octanol–water partition coefficient (Wildman–Crippen LogP) is 1.99. The van der Waals surface area contributed by atoms with E-state index in [1.165, 1.54) is 0 Å². The van der Waals surface area contributed by atoms with Gasteiger partial charge in [0.1, 0.15) is 0 Å². The van der Waals surface area contributed by atoms with Crippen LogP contribution >= 0.6 is 0 Å². The number of nitrogens with zero attached hydrogens (tertiary/aromatic N) is 3. The van der Waals surface area contributed by atoms with E-state index in [1.807, 2.05) is 36.0 Å². The first kappa shape index (κ1) is 10.8. The van der Waals surface area contributed by atoms with Crippen molar-refractivity contribution < 1.29 is 0 Å². The predicted molar refractivity (Wildman–Crippen MR) is 63.3 cm³/mol. The normalized spacial score (nSPS) is 12.7. The van der Waals surface area contributed by atoms with Crippen LogP contribution in [-0.4, -0.2) is 14.5 Å². The smallest absolute Gasteiger partial charge is 0.0995 e. The van der Waals surface area contributed by atoms with E-state index >= 15 is 0 Å². The van der Waals surface area contributed by atoms with Gasteiger partial charge >= 0.3 is 0 Å². The molecule has 2 rings (SSSR count). The van der Waals surface area contributed by atoms with E-state index in [-0.39, 0.29) is 6.04 Å². The molecular weight excluding hydrogens is 200 g/mol. The topological polar surface area (TPSA) is 56.7 Å². The van der Waals surface area contributed by atoms with Crippen LogP contribution in [0.2, 0.25) is 0 Å². The summed E-state index contributed by atoms with van der Waals surface area (Å²) in [4.78, 5) is 8.42. The van der Waals surface area contributed by atoms with Crippen LogP contribution in [0, 0.1) is 6.92 Å². The molecular formula is C12H16N4. The number of pyridine rings is 1. The zero-order chi connectivity index (χ0) is 11.5. The molecule has 0 radical (unpaired) electrons. The Morgan fingerprint density at radius 3 is 2.81 bits per heavy atom. The minimum atomic E-state index is 0.0174. The molecule has 2 aromatic heterocycles. The summed E-state index contributed by atoms with van der Waals surface area (Å²) in [6.07, 6.45) is 6.32. The van der Waals surface area contributed by atoms with Gasteiger partial charge < -0.3 is 10.3 Å². The van der Waals surface area contributed by atoms with E-state index in [2.05, 4.69) is 16.9 Å².